The van der Waals surface area contributed by atoms with Crippen LogP contribution in [0.5, 0.6) is 0 Å². The van der Waals surface area contributed by atoms with Crippen LogP contribution >= 0.6 is 0 Å². The molecule has 4 rings (SSSR count). The first kappa shape index (κ1) is 21.4. The molecule has 0 radical (unpaired) electrons. The molecule has 1 aliphatic carbocycles. The number of benzene rings is 1. The van der Waals surface area contributed by atoms with E-state index in [9.17, 15) is 4.39 Å². The highest BCUT2D eigenvalue weighted by Gasteiger charge is 2.28. The van der Waals surface area contributed by atoms with Crippen LogP contribution in [0.15, 0.2) is 61.6 Å². The number of rotatable bonds is 7. The quantitative estimate of drug-likeness (QED) is 0.434. The smallest absolute Gasteiger partial charge is 0.137 e. The fourth-order valence-corrected chi connectivity index (χ4v) is 4.86. The molecular weight excluding hydrogens is 385 g/mol. The molecule has 0 aliphatic heterocycles. The molecule has 0 amide bonds. The van der Waals surface area contributed by atoms with Crippen molar-refractivity contribution in [3.8, 4) is 0 Å². The van der Waals surface area contributed by atoms with Gasteiger partial charge in [0, 0.05) is 29.4 Å². The Hall–Kier alpha value is -2.88. The van der Waals surface area contributed by atoms with Crippen LogP contribution < -0.4 is 0 Å². The molecule has 3 aromatic rings. The second kappa shape index (κ2) is 9.51. The molecule has 2 aromatic heterocycles. The van der Waals surface area contributed by atoms with Gasteiger partial charge in [-0.05, 0) is 66.8 Å². The second-order valence-electron chi connectivity index (χ2n) is 8.56. The summed E-state index contributed by atoms with van der Waals surface area (Å²) in [5.41, 5.74) is 5.51. The van der Waals surface area contributed by atoms with Crippen molar-refractivity contribution in [1.29, 1.82) is 0 Å². The lowest BCUT2D eigenvalue weighted by Gasteiger charge is -2.38. The van der Waals surface area contributed by atoms with Crippen LogP contribution in [0.4, 0.5) is 4.39 Å². The standard InChI is InChI=1S/C27H32FN3/c1-4-19(3)25(20-11-13-21(28)14-12-20)26(31(5-2)22-9-7-6-8-10-22)23-15-17-29-27-24(23)16-18-30-27/h5,11-19,22H,2,4,6-10H2,1,3H3,(H,29,30)/b26-25+. The molecule has 1 saturated carbocycles. The zero-order valence-corrected chi connectivity index (χ0v) is 18.6. The van der Waals surface area contributed by atoms with Gasteiger partial charge in [-0.2, -0.15) is 0 Å². The van der Waals surface area contributed by atoms with Crippen molar-refractivity contribution in [2.24, 2.45) is 5.92 Å². The molecule has 1 atom stereocenters. The highest BCUT2D eigenvalue weighted by Crippen LogP contribution is 2.41. The number of H-pyrrole nitrogens is 1. The number of nitrogens with zero attached hydrogens (tertiary/aromatic N) is 2. The Labute approximate surface area is 184 Å². The summed E-state index contributed by atoms with van der Waals surface area (Å²) in [5, 5.41) is 1.10. The molecule has 3 nitrogen and oxygen atoms in total. The molecule has 162 valence electrons. The molecule has 0 bridgehead atoms. The zero-order valence-electron chi connectivity index (χ0n) is 18.6. The Kier molecular flexibility index (Phi) is 6.55. The normalized spacial score (nSPS) is 16.7. The summed E-state index contributed by atoms with van der Waals surface area (Å²) in [6, 6.07) is 11.6. The van der Waals surface area contributed by atoms with Gasteiger partial charge >= 0.3 is 0 Å². The van der Waals surface area contributed by atoms with Crippen LogP contribution in [-0.4, -0.2) is 20.9 Å². The van der Waals surface area contributed by atoms with Crippen molar-refractivity contribution in [2.75, 3.05) is 0 Å². The number of fused-ring (bicyclic) bond motifs is 1. The van der Waals surface area contributed by atoms with Crippen molar-refractivity contribution < 1.29 is 4.39 Å². The van der Waals surface area contributed by atoms with Gasteiger partial charge < -0.3 is 9.88 Å². The maximum absolute atomic E-state index is 13.8. The predicted molar refractivity (Wildman–Crippen MR) is 128 cm³/mol. The molecule has 0 saturated heterocycles. The summed E-state index contributed by atoms with van der Waals surface area (Å²) < 4.78 is 13.8. The lowest BCUT2D eigenvalue weighted by atomic mass is 9.85. The molecular formula is C27H32FN3. The van der Waals surface area contributed by atoms with Crippen molar-refractivity contribution in [2.45, 2.75) is 58.4 Å². The van der Waals surface area contributed by atoms with Gasteiger partial charge in [0.05, 0.1) is 5.70 Å². The van der Waals surface area contributed by atoms with Crippen LogP contribution in [0.25, 0.3) is 22.3 Å². The number of halogens is 1. The van der Waals surface area contributed by atoms with Gasteiger partial charge in [-0.3, -0.25) is 0 Å². The summed E-state index contributed by atoms with van der Waals surface area (Å²) in [5.74, 6) is 0.0900. The van der Waals surface area contributed by atoms with Crippen molar-refractivity contribution >= 4 is 22.3 Å². The first-order chi connectivity index (χ1) is 15.1. The topological polar surface area (TPSA) is 31.9 Å². The monoisotopic (exact) mass is 417 g/mol. The van der Waals surface area contributed by atoms with Gasteiger partial charge in [0.1, 0.15) is 11.5 Å². The van der Waals surface area contributed by atoms with Crippen LogP contribution in [0.1, 0.15) is 63.5 Å². The second-order valence-corrected chi connectivity index (χ2v) is 8.56. The lowest BCUT2D eigenvalue weighted by molar-refractivity contribution is 0.289. The van der Waals surface area contributed by atoms with Gasteiger partial charge in [-0.15, -0.1) is 0 Å². The van der Waals surface area contributed by atoms with Gasteiger partial charge in [-0.25, -0.2) is 9.37 Å². The summed E-state index contributed by atoms with van der Waals surface area (Å²) >= 11 is 0. The number of allylic oxidation sites excluding steroid dienone is 1. The van der Waals surface area contributed by atoms with E-state index in [1.54, 1.807) is 12.1 Å². The summed E-state index contributed by atoms with van der Waals surface area (Å²) in [7, 11) is 0. The van der Waals surface area contributed by atoms with Gasteiger partial charge in [-0.1, -0.05) is 51.8 Å². The third kappa shape index (κ3) is 4.30. The van der Waals surface area contributed by atoms with Crippen molar-refractivity contribution in [1.82, 2.24) is 14.9 Å². The van der Waals surface area contributed by atoms with E-state index < -0.39 is 0 Å². The Balaban J connectivity index is 2.02. The van der Waals surface area contributed by atoms with Crippen LogP contribution in [0, 0.1) is 11.7 Å². The van der Waals surface area contributed by atoms with Crippen LogP contribution in [-0.2, 0) is 0 Å². The molecule has 1 fully saturated rings. The zero-order chi connectivity index (χ0) is 21.8. The van der Waals surface area contributed by atoms with Gasteiger partial charge in [0.25, 0.3) is 0 Å². The number of aromatic amines is 1. The Morgan fingerprint density at radius 2 is 1.94 bits per heavy atom. The first-order valence-corrected chi connectivity index (χ1v) is 11.5. The number of pyridine rings is 1. The minimum Gasteiger partial charge on any atom is -0.346 e. The summed E-state index contributed by atoms with van der Waals surface area (Å²) in [4.78, 5) is 10.2. The summed E-state index contributed by atoms with van der Waals surface area (Å²) in [6.07, 6.45) is 12.9. The van der Waals surface area contributed by atoms with E-state index >= 15 is 0 Å². The van der Waals surface area contributed by atoms with Crippen LogP contribution in [0.2, 0.25) is 0 Å². The number of hydrogen-bond acceptors (Lipinski definition) is 2. The van der Waals surface area contributed by atoms with Crippen molar-refractivity contribution in [3.05, 3.63) is 78.5 Å². The van der Waals surface area contributed by atoms with Gasteiger partial charge in [0.2, 0.25) is 0 Å². The molecule has 1 aliphatic rings. The third-order valence-electron chi connectivity index (χ3n) is 6.65. The molecule has 2 heterocycles. The third-order valence-corrected chi connectivity index (χ3v) is 6.65. The van der Waals surface area contributed by atoms with Crippen molar-refractivity contribution in [3.63, 3.8) is 0 Å². The minimum absolute atomic E-state index is 0.210. The lowest BCUT2D eigenvalue weighted by Crippen LogP contribution is -2.32. The Morgan fingerprint density at radius 1 is 1.19 bits per heavy atom. The van der Waals surface area contributed by atoms with E-state index in [2.05, 4.69) is 47.4 Å². The van der Waals surface area contributed by atoms with E-state index in [4.69, 9.17) is 0 Å². The molecule has 31 heavy (non-hydrogen) atoms. The predicted octanol–water partition coefficient (Wildman–Crippen LogP) is 7.39. The average Bonchev–Trinajstić information content (AvgIpc) is 3.29. The molecule has 1 unspecified atom stereocenters. The van der Waals surface area contributed by atoms with E-state index in [1.807, 2.05) is 30.7 Å². The molecule has 0 spiro atoms. The molecule has 1 N–H and O–H groups in total. The summed E-state index contributed by atoms with van der Waals surface area (Å²) in [6.45, 7) is 8.71. The largest absolute Gasteiger partial charge is 0.346 e. The average molecular weight is 418 g/mol. The maximum Gasteiger partial charge on any atom is 0.137 e. The highest BCUT2D eigenvalue weighted by atomic mass is 19.1. The van der Waals surface area contributed by atoms with E-state index in [-0.39, 0.29) is 5.82 Å². The SMILES string of the molecule is C=CN(/C(=C(/c1ccc(F)cc1)C(C)CC)c1ccnc2[nH]ccc12)C1CCCCC1. The number of aromatic nitrogens is 2. The minimum atomic E-state index is -0.210. The fourth-order valence-electron chi connectivity index (χ4n) is 4.86. The highest BCUT2D eigenvalue weighted by molar-refractivity contribution is 5.99. The van der Waals surface area contributed by atoms with Crippen LogP contribution in [0.3, 0.4) is 0 Å². The Morgan fingerprint density at radius 3 is 2.61 bits per heavy atom. The van der Waals surface area contributed by atoms with Gasteiger partial charge in [0.15, 0.2) is 0 Å². The van der Waals surface area contributed by atoms with E-state index in [1.165, 1.54) is 30.5 Å². The van der Waals surface area contributed by atoms with E-state index in [0.717, 1.165) is 41.4 Å². The first-order valence-electron chi connectivity index (χ1n) is 11.5. The molecule has 1 aromatic carbocycles. The molecule has 4 heteroatoms. The van der Waals surface area contributed by atoms with E-state index in [0.29, 0.717) is 12.0 Å². The Bertz CT molecular complexity index is 1060. The number of hydrogen-bond donors (Lipinski definition) is 1. The maximum atomic E-state index is 13.8. The number of nitrogens with one attached hydrogen (secondary N) is 1. The fraction of sp³-hybridized carbons (Fsp3) is 0.370.